The highest BCUT2D eigenvalue weighted by Crippen LogP contribution is 2.54. The number of ketones is 2. The molecule has 4 atom stereocenters. The maximum Gasteiger partial charge on any atom is 0.255 e. The summed E-state index contributed by atoms with van der Waals surface area (Å²) in [7, 11) is 4.72. The van der Waals surface area contributed by atoms with Gasteiger partial charge in [0.2, 0.25) is 5.78 Å². The van der Waals surface area contributed by atoms with Crippen LogP contribution in [0.4, 0.5) is 0 Å². The summed E-state index contributed by atoms with van der Waals surface area (Å²) in [4.78, 5) is 43.5. The Morgan fingerprint density at radius 1 is 1.09 bits per heavy atom. The van der Waals surface area contributed by atoms with Crippen molar-refractivity contribution < 1.29 is 39.5 Å². The van der Waals surface area contributed by atoms with E-state index in [-0.39, 0.29) is 29.7 Å². The molecule has 232 valence electrons. The quantitative estimate of drug-likeness (QED) is 0.308. The minimum absolute atomic E-state index is 0.0208. The van der Waals surface area contributed by atoms with E-state index in [9.17, 15) is 34.8 Å². The number of hydrogen-bond acceptors (Lipinski definition) is 10. The summed E-state index contributed by atoms with van der Waals surface area (Å²) in [6, 6.07) is 8.01. The molecule has 2 fully saturated rings. The number of likely N-dealkylation sites (N-methyl/N-ethyl adjacent to an activating group) is 1. The number of phenolic OH excluding ortho intramolecular Hbond substituents is 1. The monoisotopic (exact) mass is 603 g/mol. The standard InChI is InChI=1S/C33H37N3O8/c1-35(2)27-21-14-17-13-20-18(19-12-16(6-9-23(19)44-3)15-36-10-4-5-11-36)7-8-22(37)25(20)28(38)24(17)30(40)33(21,43)31(41)26(29(27)39)32(34)42/h6-9,12,17,21,27,37-38,41,43H,4-5,10-11,13-15H2,1-3H3,(H2,34,42)/t17-,21-,27-,33-/m0/s1. The summed E-state index contributed by atoms with van der Waals surface area (Å²) in [6.45, 7) is 2.83. The lowest BCUT2D eigenvalue weighted by molar-refractivity contribution is -0.153. The van der Waals surface area contributed by atoms with E-state index in [2.05, 4.69) is 4.90 Å². The first kappa shape index (κ1) is 29.9. The van der Waals surface area contributed by atoms with E-state index in [4.69, 9.17) is 10.5 Å². The Labute approximate surface area is 254 Å². The predicted molar refractivity (Wildman–Crippen MR) is 161 cm³/mol. The van der Waals surface area contributed by atoms with Crippen molar-refractivity contribution in [3.8, 4) is 22.6 Å². The fourth-order valence-electron chi connectivity index (χ4n) is 7.76. The van der Waals surface area contributed by atoms with Crippen molar-refractivity contribution >= 4 is 23.2 Å². The molecular weight excluding hydrogens is 566 g/mol. The van der Waals surface area contributed by atoms with Gasteiger partial charge in [-0.1, -0.05) is 12.1 Å². The summed E-state index contributed by atoms with van der Waals surface area (Å²) >= 11 is 0. The van der Waals surface area contributed by atoms with Crippen molar-refractivity contribution in [3.63, 3.8) is 0 Å². The lowest BCUT2D eigenvalue weighted by atomic mass is 9.57. The second kappa shape index (κ2) is 10.8. The molecule has 2 aromatic rings. The number of methoxy groups -OCH3 is 1. The third-order valence-corrected chi connectivity index (χ3v) is 9.76. The molecule has 11 heteroatoms. The number of nitrogens with zero attached hydrogens (tertiary/aromatic N) is 2. The number of aliphatic hydroxyl groups excluding tert-OH is 2. The lowest BCUT2D eigenvalue weighted by Crippen LogP contribution is -2.65. The Hall–Kier alpha value is -4.19. The first-order valence-corrected chi connectivity index (χ1v) is 14.8. The Balaban J connectivity index is 1.51. The molecule has 1 heterocycles. The van der Waals surface area contributed by atoms with Crippen molar-refractivity contribution in [1.29, 1.82) is 0 Å². The van der Waals surface area contributed by atoms with Crippen LogP contribution < -0.4 is 10.5 Å². The number of ether oxygens (including phenoxy) is 1. The minimum Gasteiger partial charge on any atom is -0.508 e. The summed E-state index contributed by atoms with van der Waals surface area (Å²) in [5, 5.41) is 45.5. The molecule has 11 nitrogen and oxygen atoms in total. The number of fused-ring (bicyclic) bond motifs is 3. The number of nitrogens with two attached hydrogens (primary N) is 1. The highest BCUT2D eigenvalue weighted by Gasteiger charge is 2.64. The zero-order valence-corrected chi connectivity index (χ0v) is 25.0. The lowest BCUT2D eigenvalue weighted by Gasteiger charge is -2.50. The van der Waals surface area contributed by atoms with E-state index in [1.54, 1.807) is 27.3 Å². The van der Waals surface area contributed by atoms with Crippen LogP contribution in [-0.4, -0.2) is 93.6 Å². The molecule has 4 aliphatic rings. The minimum atomic E-state index is -2.68. The van der Waals surface area contributed by atoms with Gasteiger partial charge in [0, 0.05) is 23.6 Å². The smallest absolute Gasteiger partial charge is 0.255 e. The number of carbonyl (C=O) groups is 3. The van der Waals surface area contributed by atoms with Crippen LogP contribution in [0.25, 0.3) is 16.9 Å². The van der Waals surface area contributed by atoms with Gasteiger partial charge in [-0.25, -0.2) is 0 Å². The SMILES string of the molecule is COc1ccc(CN2CCCC2)cc1-c1ccc(O)c2c1C[C@H]1C[C@H]3[C@H](N(C)C)C(=O)C(C(N)=O)=C(O)[C@@]3(O)C(=O)C1=C2O. The van der Waals surface area contributed by atoms with Crippen molar-refractivity contribution in [2.24, 2.45) is 17.6 Å². The molecule has 0 radical (unpaired) electrons. The number of likely N-dealkylation sites (tertiary alicyclic amines) is 1. The zero-order chi connectivity index (χ0) is 31.7. The summed E-state index contributed by atoms with van der Waals surface area (Å²) in [6.07, 6.45) is 2.54. The molecule has 0 spiro atoms. The number of phenols is 1. The van der Waals surface area contributed by atoms with Crippen LogP contribution in [0.3, 0.4) is 0 Å². The number of primary amides is 1. The van der Waals surface area contributed by atoms with Crippen molar-refractivity contribution in [3.05, 3.63) is 63.9 Å². The van der Waals surface area contributed by atoms with Gasteiger partial charge in [0.25, 0.3) is 5.91 Å². The van der Waals surface area contributed by atoms with Crippen LogP contribution >= 0.6 is 0 Å². The molecule has 1 aliphatic heterocycles. The van der Waals surface area contributed by atoms with Gasteiger partial charge in [0.15, 0.2) is 11.4 Å². The molecule has 6 rings (SSSR count). The van der Waals surface area contributed by atoms with E-state index in [0.717, 1.165) is 43.6 Å². The summed E-state index contributed by atoms with van der Waals surface area (Å²) in [5.74, 6) is -6.18. The molecule has 3 aliphatic carbocycles. The molecule has 6 N–H and O–H groups in total. The highest BCUT2D eigenvalue weighted by atomic mass is 16.5. The Kier molecular flexibility index (Phi) is 7.30. The number of aromatic hydroxyl groups is 1. The van der Waals surface area contributed by atoms with E-state index in [0.29, 0.717) is 16.9 Å². The van der Waals surface area contributed by atoms with E-state index in [1.807, 2.05) is 18.2 Å². The fourth-order valence-corrected chi connectivity index (χ4v) is 7.76. The average Bonchev–Trinajstić information content (AvgIpc) is 3.48. The van der Waals surface area contributed by atoms with Gasteiger partial charge in [0.05, 0.1) is 18.7 Å². The zero-order valence-electron chi connectivity index (χ0n) is 25.0. The third kappa shape index (κ3) is 4.33. The van der Waals surface area contributed by atoms with E-state index in [1.165, 1.54) is 11.0 Å². The number of Topliss-reactive ketones (excluding diaryl/α,β-unsaturated/α-hetero) is 2. The summed E-state index contributed by atoms with van der Waals surface area (Å²) < 4.78 is 5.72. The number of benzene rings is 2. The van der Waals surface area contributed by atoms with Gasteiger partial charge >= 0.3 is 0 Å². The number of aliphatic hydroxyl groups is 3. The van der Waals surface area contributed by atoms with Gasteiger partial charge in [-0.15, -0.1) is 0 Å². The van der Waals surface area contributed by atoms with Crippen molar-refractivity contribution in [2.75, 3.05) is 34.3 Å². The number of rotatable bonds is 6. The Bertz CT molecular complexity index is 1650. The normalized spacial score (nSPS) is 27.0. The van der Waals surface area contributed by atoms with Gasteiger partial charge in [-0.05, 0) is 93.7 Å². The van der Waals surface area contributed by atoms with Crippen LogP contribution in [0.15, 0.2) is 47.2 Å². The molecular formula is C33H37N3O8. The Morgan fingerprint density at radius 3 is 2.43 bits per heavy atom. The average molecular weight is 604 g/mol. The molecule has 44 heavy (non-hydrogen) atoms. The second-order valence-corrected chi connectivity index (χ2v) is 12.5. The topological polar surface area (TPSA) is 174 Å². The molecule has 1 saturated carbocycles. The largest absolute Gasteiger partial charge is 0.508 e. The predicted octanol–water partition coefficient (Wildman–Crippen LogP) is 2.24. The molecule has 0 unspecified atom stereocenters. The maximum absolute atomic E-state index is 14.1. The van der Waals surface area contributed by atoms with Crippen molar-refractivity contribution in [1.82, 2.24) is 9.80 Å². The van der Waals surface area contributed by atoms with Crippen LogP contribution in [0.2, 0.25) is 0 Å². The first-order valence-electron chi connectivity index (χ1n) is 14.8. The number of hydrogen-bond donors (Lipinski definition) is 5. The molecule has 0 bridgehead atoms. The highest BCUT2D eigenvalue weighted by molar-refractivity contribution is 6.24. The fraction of sp³-hybridized carbons (Fsp3) is 0.424. The third-order valence-electron chi connectivity index (χ3n) is 9.76. The van der Waals surface area contributed by atoms with Gasteiger partial charge in [0.1, 0.15) is 28.6 Å². The van der Waals surface area contributed by atoms with Gasteiger partial charge < -0.3 is 30.9 Å². The van der Waals surface area contributed by atoms with E-state index < -0.39 is 58.0 Å². The van der Waals surface area contributed by atoms with Gasteiger partial charge in [-0.2, -0.15) is 0 Å². The van der Waals surface area contributed by atoms with E-state index >= 15 is 0 Å². The maximum atomic E-state index is 14.1. The Morgan fingerprint density at radius 2 is 1.80 bits per heavy atom. The molecule has 1 saturated heterocycles. The van der Waals surface area contributed by atoms with Crippen LogP contribution in [0.5, 0.6) is 11.5 Å². The second-order valence-electron chi connectivity index (χ2n) is 12.5. The van der Waals surface area contributed by atoms with Crippen LogP contribution in [0.1, 0.15) is 36.0 Å². The van der Waals surface area contributed by atoms with Crippen LogP contribution in [-0.2, 0) is 27.3 Å². The first-order chi connectivity index (χ1) is 20.9. The number of carbonyl (C=O) groups excluding carboxylic acids is 3. The van der Waals surface area contributed by atoms with Crippen LogP contribution in [0, 0.1) is 11.8 Å². The molecule has 0 aromatic heterocycles. The molecule has 2 aromatic carbocycles. The molecule has 1 amide bonds. The summed E-state index contributed by atoms with van der Waals surface area (Å²) in [5.41, 5.74) is 4.91. The number of amides is 1. The van der Waals surface area contributed by atoms with Gasteiger partial charge in [-0.3, -0.25) is 24.2 Å². The van der Waals surface area contributed by atoms with Crippen molar-refractivity contribution in [2.45, 2.75) is 43.9 Å².